The minimum atomic E-state index is 0.0683. The molecule has 152 valence electrons. The Hall–Kier alpha value is -3.18. The van der Waals surface area contributed by atoms with Crippen LogP contribution in [-0.2, 0) is 4.74 Å². The van der Waals surface area contributed by atoms with E-state index in [1.807, 2.05) is 0 Å². The molecular formula is C25H26N4O. The van der Waals surface area contributed by atoms with E-state index in [1.54, 1.807) is 0 Å². The molecular weight excluding hydrogens is 372 g/mol. The van der Waals surface area contributed by atoms with Crippen LogP contribution in [0, 0.1) is 0 Å². The molecule has 0 saturated heterocycles. The highest BCUT2D eigenvalue weighted by Gasteiger charge is 2.26. The molecule has 0 aliphatic carbocycles. The summed E-state index contributed by atoms with van der Waals surface area (Å²) in [7, 11) is 0. The fourth-order valence-electron chi connectivity index (χ4n) is 4.10. The Balaban J connectivity index is 1.58. The zero-order valence-corrected chi connectivity index (χ0v) is 17.4. The van der Waals surface area contributed by atoms with Gasteiger partial charge in [-0.1, -0.05) is 6.92 Å². The van der Waals surface area contributed by atoms with Gasteiger partial charge < -0.3 is 15.0 Å². The second-order valence-electron chi connectivity index (χ2n) is 7.97. The van der Waals surface area contributed by atoms with Crippen LogP contribution in [0.1, 0.15) is 26.7 Å². The van der Waals surface area contributed by atoms with Gasteiger partial charge in [-0.3, -0.25) is 0 Å². The maximum atomic E-state index is 6.05. The summed E-state index contributed by atoms with van der Waals surface area (Å²) in [5, 5.41) is 5.72. The van der Waals surface area contributed by atoms with Gasteiger partial charge in [0.1, 0.15) is 0 Å². The lowest BCUT2D eigenvalue weighted by molar-refractivity contribution is 0.0885. The SMILES string of the molecule is CCCOC(C)C1=C2C=C3C=CC(=N3)C=c3ccc([nH]3)=CC3=NC(=CC(C1)N2)C=C3. The standard InChI is InChI=1S/C25H26N4O/c1-3-10-30-16(2)24-14-23-13-21-7-6-19(27-21)11-17-4-5-18(26-17)12-20-8-9-22(28-20)15-25(24)29-23/h4-9,11-13,15-16,23,26,29H,3,10,14H2,1-2H3. The summed E-state index contributed by atoms with van der Waals surface area (Å²) in [5.41, 5.74) is 6.22. The van der Waals surface area contributed by atoms with Crippen molar-refractivity contribution in [1.29, 1.82) is 0 Å². The molecule has 0 fully saturated rings. The van der Waals surface area contributed by atoms with Crippen LogP contribution in [0.25, 0.3) is 12.2 Å². The normalized spacial score (nSPS) is 22.7. The molecule has 0 saturated carbocycles. The van der Waals surface area contributed by atoms with Crippen molar-refractivity contribution in [2.75, 3.05) is 6.61 Å². The van der Waals surface area contributed by atoms with Crippen molar-refractivity contribution < 1.29 is 4.74 Å². The number of allylic oxidation sites excluding steroid dienone is 5. The van der Waals surface area contributed by atoms with Gasteiger partial charge in [0.2, 0.25) is 0 Å². The molecule has 1 aromatic heterocycles. The third-order valence-corrected chi connectivity index (χ3v) is 5.56. The Morgan fingerprint density at radius 3 is 2.43 bits per heavy atom. The zero-order chi connectivity index (χ0) is 20.5. The molecule has 2 unspecified atom stereocenters. The molecule has 0 spiro atoms. The predicted octanol–water partition coefficient (Wildman–Crippen LogP) is 2.81. The highest BCUT2D eigenvalue weighted by Crippen LogP contribution is 2.28. The maximum absolute atomic E-state index is 6.05. The summed E-state index contributed by atoms with van der Waals surface area (Å²) in [6.45, 7) is 5.04. The molecule has 2 N–H and O–H groups in total. The second kappa shape index (κ2) is 7.92. The lowest BCUT2D eigenvalue weighted by atomic mass is 10.0. The summed E-state index contributed by atoms with van der Waals surface area (Å²) in [5.74, 6) is 0. The van der Waals surface area contributed by atoms with Crippen molar-refractivity contribution >= 4 is 23.6 Å². The van der Waals surface area contributed by atoms with Gasteiger partial charge in [-0.25, -0.2) is 9.98 Å². The number of hydrogen-bond acceptors (Lipinski definition) is 4. The number of aromatic nitrogens is 1. The van der Waals surface area contributed by atoms with E-state index in [9.17, 15) is 0 Å². The van der Waals surface area contributed by atoms with Gasteiger partial charge >= 0.3 is 0 Å². The van der Waals surface area contributed by atoms with Crippen LogP contribution in [-0.4, -0.2) is 35.2 Å². The number of aliphatic imine (C=N–C) groups is 2. The average Bonchev–Trinajstić information content (AvgIpc) is 3.51. The van der Waals surface area contributed by atoms with Crippen molar-refractivity contribution in [2.24, 2.45) is 9.98 Å². The molecule has 0 amide bonds. The lowest BCUT2D eigenvalue weighted by Gasteiger charge is -2.14. The summed E-state index contributed by atoms with van der Waals surface area (Å²) in [6, 6.07) is 4.32. The molecule has 8 bridgehead atoms. The first kappa shape index (κ1) is 18.8. The first-order chi connectivity index (χ1) is 14.7. The summed E-state index contributed by atoms with van der Waals surface area (Å²) in [6.07, 6.45) is 18.7. The van der Waals surface area contributed by atoms with E-state index in [1.165, 1.54) is 5.57 Å². The molecule has 4 aliphatic rings. The quantitative estimate of drug-likeness (QED) is 0.819. The molecule has 1 aromatic rings. The van der Waals surface area contributed by atoms with E-state index in [4.69, 9.17) is 14.7 Å². The Kier molecular flexibility index (Phi) is 4.97. The van der Waals surface area contributed by atoms with Crippen LogP contribution in [0.15, 0.2) is 81.2 Å². The van der Waals surface area contributed by atoms with E-state index in [0.717, 1.165) is 58.7 Å². The smallest absolute Gasteiger partial charge is 0.0780 e. The monoisotopic (exact) mass is 398 g/mol. The molecule has 5 heteroatoms. The van der Waals surface area contributed by atoms with Gasteiger partial charge in [0.25, 0.3) is 0 Å². The summed E-state index contributed by atoms with van der Waals surface area (Å²) >= 11 is 0. The lowest BCUT2D eigenvalue weighted by Crippen LogP contribution is -2.19. The molecule has 2 atom stereocenters. The van der Waals surface area contributed by atoms with Crippen LogP contribution in [0.2, 0.25) is 0 Å². The van der Waals surface area contributed by atoms with Crippen LogP contribution in [0.3, 0.4) is 0 Å². The Morgan fingerprint density at radius 2 is 1.70 bits per heavy atom. The topological polar surface area (TPSA) is 61.8 Å². The molecule has 5 rings (SSSR count). The molecule has 0 radical (unpaired) electrons. The zero-order valence-electron chi connectivity index (χ0n) is 17.4. The summed E-state index contributed by atoms with van der Waals surface area (Å²) in [4.78, 5) is 13.0. The average molecular weight is 399 g/mol. The van der Waals surface area contributed by atoms with Gasteiger partial charge in [0.15, 0.2) is 0 Å². The predicted molar refractivity (Wildman–Crippen MR) is 123 cm³/mol. The van der Waals surface area contributed by atoms with Crippen molar-refractivity contribution in [3.05, 3.63) is 82.0 Å². The number of hydrogen-bond donors (Lipinski definition) is 2. The van der Waals surface area contributed by atoms with Crippen LogP contribution in [0.5, 0.6) is 0 Å². The highest BCUT2D eigenvalue weighted by atomic mass is 16.5. The Morgan fingerprint density at radius 1 is 1.00 bits per heavy atom. The molecule has 0 aromatic carbocycles. The minimum absolute atomic E-state index is 0.0683. The number of nitrogens with one attached hydrogen (secondary N) is 2. The number of H-pyrrole nitrogens is 1. The third kappa shape index (κ3) is 3.94. The minimum Gasteiger partial charge on any atom is -0.378 e. The summed E-state index contributed by atoms with van der Waals surface area (Å²) < 4.78 is 6.05. The van der Waals surface area contributed by atoms with Crippen molar-refractivity contribution in [3.8, 4) is 0 Å². The molecule has 30 heavy (non-hydrogen) atoms. The van der Waals surface area contributed by atoms with Crippen LogP contribution in [0.4, 0.5) is 0 Å². The van der Waals surface area contributed by atoms with Crippen molar-refractivity contribution in [1.82, 2.24) is 10.3 Å². The van der Waals surface area contributed by atoms with E-state index < -0.39 is 0 Å². The van der Waals surface area contributed by atoms with E-state index in [-0.39, 0.29) is 12.1 Å². The van der Waals surface area contributed by atoms with Gasteiger partial charge in [-0.2, -0.15) is 0 Å². The van der Waals surface area contributed by atoms with Crippen molar-refractivity contribution in [2.45, 2.75) is 38.8 Å². The van der Waals surface area contributed by atoms with Crippen LogP contribution < -0.4 is 16.0 Å². The first-order valence-electron chi connectivity index (χ1n) is 10.6. The fourth-order valence-corrected chi connectivity index (χ4v) is 4.10. The second-order valence-corrected chi connectivity index (χ2v) is 7.97. The van der Waals surface area contributed by atoms with Gasteiger partial charge in [-0.05, 0) is 86.1 Å². The highest BCUT2D eigenvalue weighted by molar-refractivity contribution is 6.20. The van der Waals surface area contributed by atoms with E-state index in [2.05, 4.69) is 84.9 Å². The molecule has 5 heterocycles. The van der Waals surface area contributed by atoms with Crippen molar-refractivity contribution in [3.63, 3.8) is 0 Å². The van der Waals surface area contributed by atoms with Gasteiger partial charge in [-0.15, -0.1) is 0 Å². The Bertz CT molecular complexity index is 1200. The number of ether oxygens (including phenoxy) is 1. The maximum Gasteiger partial charge on any atom is 0.0780 e. The van der Waals surface area contributed by atoms with Gasteiger partial charge in [0.05, 0.1) is 35.0 Å². The third-order valence-electron chi connectivity index (χ3n) is 5.56. The first-order valence-corrected chi connectivity index (χ1v) is 10.6. The van der Waals surface area contributed by atoms with E-state index in [0.29, 0.717) is 0 Å². The van der Waals surface area contributed by atoms with E-state index >= 15 is 0 Å². The Labute approximate surface area is 176 Å². The number of rotatable bonds is 4. The number of aromatic amines is 1. The van der Waals surface area contributed by atoms with Gasteiger partial charge in [0, 0.05) is 23.0 Å². The largest absolute Gasteiger partial charge is 0.378 e. The molecule has 4 aliphatic heterocycles. The fraction of sp³-hybridized carbons (Fsp3) is 0.280. The number of fused-ring (bicyclic) bond motifs is 6. The molecule has 5 nitrogen and oxygen atoms in total. The van der Waals surface area contributed by atoms with Crippen LogP contribution >= 0.6 is 0 Å². The number of nitrogens with zero attached hydrogens (tertiary/aromatic N) is 2.